The number of benzene rings is 2. The minimum atomic E-state index is -0.309. The number of anilines is 1. The number of rotatable bonds is 6. The predicted molar refractivity (Wildman–Crippen MR) is 105 cm³/mol. The number of ether oxygens (including phenoxy) is 1. The van der Waals surface area contributed by atoms with E-state index in [-0.39, 0.29) is 12.5 Å². The van der Waals surface area contributed by atoms with Crippen molar-refractivity contribution in [3.05, 3.63) is 60.2 Å². The molecule has 0 aliphatic heterocycles. The average Bonchev–Trinajstić information content (AvgIpc) is 2.65. The summed E-state index contributed by atoms with van der Waals surface area (Å²) >= 11 is 5.12. The number of hydrogen-bond acceptors (Lipinski definition) is 3. The molecule has 0 saturated carbocycles. The smallest absolute Gasteiger partial charge is 0.276 e. The summed E-state index contributed by atoms with van der Waals surface area (Å²) in [6, 6.07) is 17.2. The summed E-state index contributed by atoms with van der Waals surface area (Å²) in [7, 11) is 0. The molecule has 25 heavy (non-hydrogen) atoms. The van der Waals surface area contributed by atoms with Crippen molar-refractivity contribution in [3.8, 4) is 5.75 Å². The second-order valence-corrected chi connectivity index (χ2v) is 6.04. The van der Waals surface area contributed by atoms with E-state index in [1.165, 1.54) is 0 Å². The molecule has 0 heterocycles. The SMILES string of the molecule is CCC(C)c1ccccc1OCC(=O)NNC(=S)Nc1ccccc1. The lowest BCUT2D eigenvalue weighted by Gasteiger charge is -2.16. The summed E-state index contributed by atoms with van der Waals surface area (Å²) in [4.78, 5) is 11.9. The maximum absolute atomic E-state index is 11.9. The van der Waals surface area contributed by atoms with Gasteiger partial charge in [0.15, 0.2) is 11.7 Å². The van der Waals surface area contributed by atoms with Gasteiger partial charge in [-0.3, -0.25) is 15.6 Å². The number of hydrazine groups is 1. The van der Waals surface area contributed by atoms with Gasteiger partial charge in [0, 0.05) is 5.69 Å². The summed E-state index contributed by atoms with van der Waals surface area (Å²) in [6.07, 6.45) is 1.01. The van der Waals surface area contributed by atoms with Crippen LogP contribution in [0.1, 0.15) is 31.7 Å². The minimum Gasteiger partial charge on any atom is -0.483 e. The van der Waals surface area contributed by atoms with E-state index in [0.717, 1.165) is 23.4 Å². The monoisotopic (exact) mass is 357 g/mol. The molecule has 0 radical (unpaired) electrons. The van der Waals surface area contributed by atoms with Gasteiger partial charge in [-0.2, -0.15) is 0 Å². The lowest BCUT2D eigenvalue weighted by Crippen LogP contribution is -2.45. The Morgan fingerprint density at radius 2 is 1.76 bits per heavy atom. The molecule has 0 spiro atoms. The van der Waals surface area contributed by atoms with Crippen LogP contribution in [0.5, 0.6) is 5.75 Å². The first-order valence-electron chi connectivity index (χ1n) is 8.22. The molecule has 132 valence electrons. The van der Waals surface area contributed by atoms with Gasteiger partial charge in [0.1, 0.15) is 5.75 Å². The number of amides is 1. The predicted octanol–water partition coefficient (Wildman–Crippen LogP) is 3.60. The van der Waals surface area contributed by atoms with E-state index >= 15 is 0 Å². The van der Waals surface area contributed by atoms with E-state index in [2.05, 4.69) is 30.0 Å². The highest BCUT2D eigenvalue weighted by Gasteiger charge is 2.11. The van der Waals surface area contributed by atoms with Crippen LogP contribution in [0.2, 0.25) is 0 Å². The number of nitrogens with one attached hydrogen (secondary N) is 3. The fourth-order valence-electron chi connectivity index (χ4n) is 2.23. The molecule has 0 aliphatic carbocycles. The first kappa shape index (κ1) is 18.7. The van der Waals surface area contributed by atoms with Gasteiger partial charge in [0.2, 0.25) is 0 Å². The normalized spacial score (nSPS) is 11.3. The summed E-state index contributed by atoms with van der Waals surface area (Å²) in [6.45, 7) is 4.17. The van der Waals surface area contributed by atoms with Gasteiger partial charge in [-0.05, 0) is 48.3 Å². The Labute approximate surface area is 153 Å². The van der Waals surface area contributed by atoms with E-state index in [1.54, 1.807) is 0 Å². The molecule has 1 atom stereocenters. The Morgan fingerprint density at radius 1 is 1.08 bits per heavy atom. The van der Waals surface area contributed by atoms with Crippen LogP contribution in [0.25, 0.3) is 0 Å². The van der Waals surface area contributed by atoms with E-state index in [9.17, 15) is 4.79 Å². The van der Waals surface area contributed by atoms with Gasteiger partial charge in [-0.1, -0.05) is 50.2 Å². The minimum absolute atomic E-state index is 0.0889. The topological polar surface area (TPSA) is 62.4 Å². The van der Waals surface area contributed by atoms with Gasteiger partial charge in [0.25, 0.3) is 5.91 Å². The number of para-hydroxylation sites is 2. The standard InChI is InChI=1S/C19H23N3O2S/c1-3-14(2)16-11-7-8-12-17(16)24-13-18(23)21-22-19(25)20-15-9-5-4-6-10-15/h4-12,14H,3,13H2,1-2H3,(H,21,23)(H2,20,22,25). The third kappa shape index (κ3) is 6.08. The first-order valence-corrected chi connectivity index (χ1v) is 8.63. The molecule has 5 nitrogen and oxygen atoms in total. The molecule has 0 aliphatic rings. The second-order valence-electron chi connectivity index (χ2n) is 5.63. The van der Waals surface area contributed by atoms with E-state index in [1.807, 2.05) is 54.6 Å². The zero-order chi connectivity index (χ0) is 18.1. The highest BCUT2D eigenvalue weighted by Crippen LogP contribution is 2.28. The third-order valence-corrected chi connectivity index (χ3v) is 3.97. The van der Waals surface area contributed by atoms with Crippen LogP contribution in [0.3, 0.4) is 0 Å². The lowest BCUT2D eigenvalue weighted by molar-refractivity contribution is -0.123. The number of thiocarbonyl (C=S) groups is 1. The molecule has 2 aromatic rings. The largest absolute Gasteiger partial charge is 0.483 e. The fraction of sp³-hybridized carbons (Fsp3) is 0.263. The van der Waals surface area contributed by atoms with Crippen molar-refractivity contribution < 1.29 is 9.53 Å². The molecular weight excluding hydrogens is 334 g/mol. The van der Waals surface area contributed by atoms with Crippen molar-refractivity contribution in [2.75, 3.05) is 11.9 Å². The molecule has 0 saturated heterocycles. The number of carbonyl (C=O) groups excluding carboxylic acids is 1. The third-order valence-electron chi connectivity index (χ3n) is 3.77. The summed E-state index contributed by atoms with van der Waals surface area (Å²) < 4.78 is 5.66. The van der Waals surface area contributed by atoms with Crippen LogP contribution in [0.15, 0.2) is 54.6 Å². The van der Waals surface area contributed by atoms with Gasteiger partial charge < -0.3 is 10.1 Å². The maximum Gasteiger partial charge on any atom is 0.276 e. The Morgan fingerprint density at radius 3 is 2.48 bits per heavy atom. The maximum atomic E-state index is 11.9. The number of carbonyl (C=O) groups is 1. The van der Waals surface area contributed by atoms with Gasteiger partial charge in [-0.25, -0.2) is 0 Å². The van der Waals surface area contributed by atoms with Gasteiger partial charge >= 0.3 is 0 Å². The quantitative estimate of drug-likeness (QED) is 0.545. The molecule has 2 rings (SSSR count). The summed E-state index contributed by atoms with van der Waals surface area (Å²) in [5.41, 5.74) is 7.12. The number of hydrogen-bond donors (Lipinski definition) is 3. The van der Waals surface area contributed by atoms with Gasteiger partial charge in [0.05, 0.1) is 0 Å². The van der Waals surface area contributed by atoms with Crippen LogP contribution in [-0.2, 0) is 4.79 Å². The highest BCUT2D eigenvalue weighted by atomic mass is 32.1. The molecular formula is C19H23N3O2S. The Kier molecular flexibility index (Phi) is 7.22. The van der Waals surface area contributed by atoms with Crippen molar-refractivity contribution in [1.29, 1.82) is 0 Å². The zero-order valence-corrected chi connectivity index (χ0v) is 15.2. The molecule has 3 N–H and O–H groups in total. The molecule has 6 heteroatoms. The summed E-state index contributed by atoms with van der Waals surface area (Å²) in [5, 5.41) is 3.27. The zero-order valence-electron chi connectivity index (χ0n) is 14.4. The molecule has 1 unspecified atom stereocenters. The van der Waals surface area contributed by atoms with Crippen molar-refractivity contribution in [2.24, 2.45) is 0 Å². The van der Waals surface area contributed by atoms with Crippen molar-refractivity contribution in [2.45, 2.75) is 26.2 Å². The highest BCUT2D eigenvalue weighted by molar-refractivity contribution is 7.80. The summed E-state index contributed by atoms with van der Waals surface area (Å²) in [5.74, 6) is 0.799. The molecule has 1 amide bonds. The van der Waals surface area contributed by atoms with Crippen molar-refractivity contribution in [1.82, 2.24) is 10.9 Å². The van der Waals surface area contributed by atoms with Gasteiger partial charge in [-0.15, -0.1) is 0 Å². The first-order chi connectivity index (χ1) is 12.1. The molecule has 0 fully saturated rings. The molecule has 0 bridgehead atoms. The van der Waals surface area contributed by atoms with Crippen LogP contribution < -0.4 is 20.9 Å². The van der Waals surface area contributed by atoms with Crippen molar-refractivity contribution in [3.63, 3.8) is 0 Å². The van der Waals surface area contributed by atoms with Crippen molar-refractivity contribution >= 4 is 28.9 Å². The Bertz CT molecular complexity index is 707. The van der Waals surface area contributed by atoms with E-state index in [4.69, 9.17) is 17.0 Å². The fourth-order valence-corrected chi connectivity index (χ4v) is 2.40. The van der Waals surface area contributed by atoms with E-state index < -0.39 is 0 Å². The Hall–Kier alpha value is -2.60. The molecule has 2 aromatic carbocycles. The second kappa shape index (κ2) is 9.64. The van der Waals surface area contributed by atoms with Crippen LogP contribution in [-0.4, -0.2) is 17.6 Å². The van der Waals surface area contributed by atoms with Crippen LogP contribution in [0, 0.1) is 0 Å². The van der Waals surface area contributed by atoms with E-state index in [0.29, 0.717) is 11.0 Å². The average molecular weight is 357 g/mol. The van der Waals surface area contributed by atoms with Crippen LogP contribution >= 0.6 is 12.2 Å². The molecule has 0 aromatic heterocycles. The lowest BCUT2D eigenvalue weighted by atomic mass is 9.98. The Balaban J connectivity index is 1.78. The van der Waals surface area contributed by atoms with Crippen LogP contribution in [0.4, 0.5) is 5.69 Å².